The Morgan fingerprint density at radius 2 is 0.625 bits per heavy atom. The van der Waals surface area contributed by atoms with Crippen molar-refractivity contribution in [1.82, 2.24) is 39.9 Å². The lowest BCUT2D eigenvalue weighted by atomic mass is 10.1. The zero-order valence-corrected chi connectivity index (χ0v) is 27.6. The van der Waals surface area contributed by atoms with Crippen molar-refractivity contribution < 1.29 is 0 Å². The summed E-state index contributed by atoms with van der Waals surface area (Å²) in [4.78, 5) is 45.8. The molecular formula is C36H34N12. The van der Waals surface area contributed by atoms with Crippen molar-refractivity contribution >= 4 is 45.5 Å². The summed E-state index contributed by atoms with van der Waals surface area (Å²) in [6, 6.07) is 8.97. The highest BCUT2D eigenvalue weighted by Gasteiger charge is 2.52. The van der Waals surface area contributed by atoms with Gasteiger partial charge in [0.2, 0.25) is 0 Å². The number of hydrogen-bond acceptors (Lipinski definition) is 12. The summed E-state index contributed by atoms with van der Waals surface area (Å²) < 4.78 is 0. The minimum Gasteiger partial charge on any atom is -0.312 e. The third kappa shape index (κ3) is 4.67. The lowest BCUT2D eigenvalue weighted by Gasteiger charge is -2.44. The van der Waals surface area contributed by atoms with Crippen molar-refractivity contribution in [3.63, 3.8) is 0 Å². The molecule has 238 valence electrons. The smallest absolute Gasteiger partial charge is 0.151 e. The standard InChI is InChI=1S/C36H34N12/c1-21-7-31-33(9-23(21)3)47(29-15-41-25(5)42-16-29)35(45(31)27-11-37-19-38-12-27)36-46(28-13-39-20-40-14-28)32-8-22(2)24(4)10-34(32)48(36)30-17-43-26(6)44-18-30/h7-20,35-36H,1-6H3. The van der Waals surface area contributed by atoms with Crippen LogP contribution in [0, 0.1) is 41.5 Å². The summed E-state index contributed by atoms with van der Waals surface area (Å²) in [5, 5.41) is 0. The molecule has 2 atom stereocenters. The van der Waals surface area contributed by atoms with Gasteiger partial charge in [0.15, 0.2) is 12.3 Å². The van der Waals surface area contributed by atoms with Crippen LogP contribution in [0.15, 0.2) is 86.5 Å². The van der Waals surface area contributed by atoms with Crippen LogP contribution in [-0.2, 0) is 0 Å². The molecule has 0 amide bonds. The molecule has 0 fully saturated rings. The second-order valence-electron chi connectivity index (χ2n) is 12.3. The van der Waals surface area contributed by atoms with Gasteiger partial charge in [-0.25, -0.2) is 39.9 Å². The van der Waals surface area contributed by atoms with Crippen molar-refractivity contribution in [3.8, 4) is 0 Å². The van der Waals surface area contributed by atoms with Gasteiger partial charge in [0, 0.05) is 0 Å². The number of anilines is 8. The summed E-state index contributed by atoms with van der Waals surface area (Å²) in [5.41, 5.74) is 12.2. The fourth-order valence-corrected chi connectivity index (χ4v) is 6.70. The van der Waals surface area contributed by atoms with Crippen molar-refractivity contribution in [3.05, 3.63) is 120 Å². The highest BCUT2D eigenvalue weighted by atomic mass is 15.5. The number of aryl methyl sites for hydroxylation is 6. The Morgan fingerprint density at radius 1 is 0.375 bits per heavy atom. The topological polar surface area (TPSA) is 116 Å². The zero-order valence-electron chi connectivity index (χ0n) is 27.6. The first-order valence-electron chi connectivity index (χ1n) is 15.8. The molecule has 0 saturated carbocycles. The minimum absolute atomic E-state index is 0.423. The number of rotatable bonds is 5. The van der Waals surface area contributed by atoms with Crippen molar-refractivity contribution in [2.45, 2.75) is 53.9 Å². The third-order valence-corrected chi connectivity index (χ3v) is 9.29. The normalized spacial score (nSPS) is 16.8. The van der Waals surface area contributed by atoms with E-state index in [1.165, 1.54) is 22.3 Å². The van der Waals surface area contributed by atoms with E-state index in [0.717, 1.165) is 45.5 Å². The Hall–Kier alpha value is -6.04. The first-order chi connectivity index (χ1) is 23.3. The van der Waals surface area contributed by atoms with Crippen molar-refractivity contribution in [2.24, 2.45) is 0 Å². The quantitative estimate of drug-likeness (QED) is 0.203. The third-order valence-electron chi connectivity index (χ3n) is 9.29. The van der Waals surface area contributed by atoms with E-state index in [1.54, 1.807) is 12.7 Å². The van der Waals surface area contributed by atoms with Crippen LogP contribution in [0.1, 0.15) is 33.9 Å². The molecular weight excluding hydrogens is 600 g/mol. The van der Waals surface area contributed by atoms with E-state index in [1.807, 2.05) is 63.4 Å². The first kappa shape index (κ1) is 29.4. The van der Waals surface area contributed by atoms with Gasteiger partial charge in [-0.2, -0.15) is 0 Å². The van der Waals surface area contributed by atoms with Crippen LogP contribution < -0.4 is 19.6 Å². The summed E-state index contributed by atoms with van der Waals surface area (Å²) in [5.74, 6) is 1.40. The zero-order chi connectivity index (χ0) is 33.1. The van der Waals surface area contributed by atoms with Gasteiger partial charge in [0.05, 0.1) is 95.1 Å². The van der Waals surface area contributed by atoms with E-state index >= 15 is 0 Å². The molecule has 2 aliphatic rings. The molecule has 4 aromatic heterocycles. The minimum atomic E-state index is -0.423. The molecule has 0 spiro atoms. The molecule has 6 heterocycles. The van der Waals surface area contributed by atoms with Gasteiger partial charge in [-0.15, -0.1) is 0 Å². The number of nitrogens with zero attached hydrogens (tertiary/aromatic N) is 12. The molecule has 12 heteroatoms. The molecule has 0 N–H and O–H groups in total. The van der Waals surface area contributed by atoms with Gasteiger partial charge >= 0.3 is 0 Å². The molecule has 2 unspecified atom stereocenters. The summed E-state index contributed by atoms with van der Waals surface area (Å²) in [6.45, 7) is 12.4. The van der Waals surface area contributed by atoms with E-state index in [9.17, 15) is 0 Å². The van der Waals surface area contributed by atoms with Gasteiger partial charge < -0.3 is 19.6 Å². The monoisotopic (exact) mass is 634 g/mol. The second-order valence-corrected chi connectivity index (χ2v) is 12.3. The Labute approximate surface area is 278 Å². The SMILES string of the molecule is Cc1ncc(N2c3cc(C)c(C)cc3N(c3cncnc3)C2C2N(c3cncnc3)c3cc(C)c(C)cc3N2c2cnc(C)nc2)cn1. The van der Waals surface area contributed by atoms with Crippen LogP contribution in [0.3, 0.4) is 0 Å². The fraction of sp³-hybridized carbons (Fsp3) is 0.222. The summed E-state index contributed by atoms with van der Waals surface area (Å²) >= 11 is 0. The number of fused-ring (bicyclic) bond motifs is 2. The van der Waals surface area contributed by atoms with Gasteiger partial charge in [0.1, 0.15) is 24.3 Å². The summed E-state index contributed by atoms with van der Waals surface area (Å²) in [7, 11) is 0. The molecule has 48 heavy (non-hydrogen) atoms. The molecule has 8 rings (SSSR count). The van der Waals surface area contributed by atoms with E-state index in [0.29, 0.717) is 11.6 Å². The van der Waals surface area contributed by atoms with Gasteiger partial charge in [0.25, 0.3) is 0 Å². The van der Waals surface area contributed by atoms with Crippen LogP contribution in [0.25, 0.3) is 0 Å². The maximum Gasteiger partial charge on any atom is 0.151 e. The lowest BCUT2D eigenvalue weighted by molar-refractivity contribution is 0.547. The molecule has 2 aromatic carbocycles. The van der Waals surface area contributed by atoms with E-state index in [2.05, 4.69) is 111 Å². The Bertz CT molecular complexity index is 1970. The van der Waals surface area contributed by atoms with Crippen LogP contribution in [-0.4, -0.2) is 52.2 Å². The summed E-state index contributed by atoms with van der Waals surface area (Å²) in [6.07, 6.45) is 17.3. The van der Waals surface area contributed by atoms with Crippen molar-refractivity contribution in [2.75, 3.05) is 19.6 Å². The molecule has 0 aliphatic carbocycles. The highest BCUT2D eigenvalue weighted by Crippen LogP contribution is 2.56. The molecule has 0 radical (unpaired) electrons. The Balaban J connectivity index is 1.47. The highest BCUT2D eigenvalue weighted by molar-refractivity contribution is 5.94. The fourth-order valence-electron chi connectivity index (χ4n) is 6.70. The maximum atomic E-state index is 4.66. The maximum absolute atomic E-state index is 4.66. The lowest BCUT2D eigenvalue weighted by Crippen LogP contribution is -2.58. The van der Waals surface area contributed by atoms with E-state index in [-0.39, 0.29) is 0 Å². The Kier molecular flexibility index (Phi) is 6.94. The van der Waals surface area contributed by atoms with Crippen LogP contribution in [0.4, 0.5) is 45.5 Å². The predicted molar refractivity (Wildman–Crippen MR) is 186 cm³/mol. The number of benzene rings is 2. The second kappa shape index (κ2) is 11.3. The van der Waals surface area contributed by atoms with Crippen LogP contribution in [0.2, 0.25) is 0 Å². The first-order valence-corrected chi connectivity index (χ1v) is 15.8. The van der Waals surface area contributed by atoms with Gasteiger partial charge in [-0.1, -0.05) is 0 Å². The van der Waals surface area contributed by atoms with E-state index in [4.69, 9.17) is 0 Å². The molecule has 6 aromatic rings. The van der Waals surface area contributed by atoms with Gasteiger partial charge in [-0.3, -0.25) is 0 Å². The van der Waals surface area contributed by atoms with E-state index < -0.39 is 12.3 Å². The molecule has 12 nitrogen and oxygen atoms in total. The molecule has 0 bridgehead atoms. The molecule has 0 saturated heterocycles. The van der Waals surface area contributed by atoms with Crippen LogP contribution in [0.5, 0.6) is 0 Å². The average molecular weight is 635 g/mol. The Morgan fingerprint density at radius 3 is 0.896 bits per heavy atom. The number of hydrogen-bond donors (Lipinski definition) is 0. The van der Waals surface area contributed by atoms with Gasteiger partial charge in [-0.05, 0) is 88.1 Å². The molecule has 2 aliphatic heterocycles. The van der Waals surface area contributed by atoms with Crippen molar-refractivity contribution in [1.29, 1.82) is 0 Å². The average Bonchev–Trinajstić information content (AvgIpc) is 3.58. The largest absolute Gasteiger partial charge is 0.312 e. The van der Waals surface area contributed by atoms with Crippen LogP contribution >= 0.6 is 0 Å². The predicted octanol–water partition coefficient (Wildman–Crippen LogP) is 6.63. The number of aromatic nitrogens is 8.